The molecular weight excluding hydrogens is 293 g/mol. The first-order valence-electron chi connectivity index (χ1n) is 7.04. The number of imidazole rings is 1. The molecule has 2 aromatic heterocycles. The topological polar surface area (TPSA) is 108 Å². The summed E-state index contributed by atoms with van der Waals surface area (Å²) in [5.74, 6) is 0.260. The fraction of sp³-hybridized carbons (Fsp3) is 0.615. The Morgan fingerprint density at radius 1 is 1.59 bits per heavy atom. The molecule has 3 heterocycles. The number of rotatable bonds is 4. The lowest BCUT2D eigenvalue weighted by molar-refractivity contribution is -0.0565. The predicted octanol–water partition coefficient (Wildman–Crippen LogP) is 0.815. The van der Waals surface area contributed by atoms with Crippen LogP contribution in [-0.2, 0) is 4.74 Å². The molecule has 3 rings (SSSR count). The van der Waals surface area contributed by atoms with Gasteiger partial charge in [0.15, 0.2) is 23.1 Å². The number of alkyl halides is 1. The fourth-order valence-electron chi connectivity index (χ4n) is 2.70. The van der Waals surface area contributed by atoms with Crippen molar-refractivity contribution in [2.45, 2.75) is 38.3 Å². The van der Waals surface area contributed by atoms with E-state index in [1.807, 2.05) is 6.92 Å². The van der Waals surface area contributed by atoms with Gasteiger partial charge in [-0.1, -0.05) is 0 Å². The van der Waals surface area contributed by atoms with Gasteiger partial charge in [-0.2, -0.15) is 9.97 Å². The van der Waals surface area contributed by atoms with Crippen LogP contribution in [-0.4, -0.2) is 49.6 Å². The number of nitrogen functional groups attached to an aromatic ring is 1. The van der Waals surface area contributed by atoms with Crippen molar-refractivity contribution in [2.24, 2.45) is 0 Å². The molecule has 9 heteroatoms. The molecule has 0 saturated carbocycles. The minimum absolute atomic E-state index is 0.00923. The zero-order valence-electron chi connectivity index (χ0n) is 12.4. The first kappa shape index (κ1) is 14.9. The van der Waals surface area contributed by atoms with Crippen molar-refractivity contribution in [2.75, 3.05) is 18.9 Å². The van der Waals surface area contributed by atoms with Crippen LogP contribution in [0.4, 0.5) is 10.3 Å². The van der Waals surface area contributed by atoms with Crippen molar-refractivity contribution in [1.29, 1.82) is 0 Å². The highest BCUT2D eigenvalue weighted by atomic mass is 19.1. The van der Waals surface area contributed by atoms with Gasteiger partial charge in [0.1, 0.15) is 0 Å². The number of nitrogens with zero attached hydrogens (tertiary/aromatic N) is 4. The van der Waals surface area contributed by atoms with Crippen LogP contribution in [0.2, 0.25) is 0 Å². The van der Waals surface area contributed by atoms with Crippen molar-refractivity contribution in [3.05, 3.63) is 6.33 Å². The Labute approximate surface area is 126 Å². The largest absolute Gasteiger partial charge is 0.476 e. The Morgan fingerprint density at radius 2 is 2.36 bits per heavy atom. The van der Waals surface area contributed by atoms with Gasteiger partial charge in [-0.25, -0.2) is 9.37 Å². The SMILES string of the molecule is CCOc1nc(N)nc2c1ncn2C1OC(CO)CC1(C)F. The van der Waals surface area contributed by atoms with E-state index in [1.54, 1.807) is 0 Å². The molecule has 22 heavy (non-hydrogen) atoms. The molecule has 3 atom stereocenters. The van der Waals surface area contributed by atoms with Crippen LogP contribution in [0, 0.1) is 0 Å². The van der Waals surface area contributed by atoms with Crippen molar-refractivity contribution in [3.8, 4) is 5.88 Å². The molecule has 1 saturated heterocycles. The van der Waals surface area contributed by atoms with Gasteiger partial charge >= 0.3 is 0 Å². The first-order valence-corrected chi connectivity index (χ1v) is 7.04. The van der Waals surface area contributed by atoms with Crippen LogP contribution in [0.15, 0.2) is 6.33 Å². The Kier molecular flexibility index (Phi) is 3.61. The minimum Gasteiger partial charge on any atom is -0.476 e. The van der Waals surface area contributed by atoms with Crippen molar-refractivity contribution in [3.63, 3.8) is 0 Å². The average Bonchev–Trinajstić information content (AvgIpc) is 2.99. The molecule has 0 aromatic carbocycles. The van der Waals surface area contributed by atoms with Crippen LogP contribution in [0.3, 0.4) is 0 Å². The van der Waals surface area contributed by atoms with Crippen LogP contribution < -0.4 is 10.5 Å². The predicted molar refractivity (Wildman–Crippen MR) is 76.0 cm³/mol. The Bertz CT molecular complexity index is 690. The van der Waals surface area contributed by atoms with E-state index in [9.17, 15) is 9.50 Å². The maximum atomic E-state index is 14.8. The molecule has 0 radical (unpaired) electrons. The van der Waals surface area contributed by atoms with Gasteiger partial charge in [0.2, 0.25) is 11.8 Å². The summed E-state index contributed by atoms with van der Waals surface area (Å²) in [6, 6.07) is 0. The minimum atomic E-state index is -1.66. The summed E-state index contributed by atoms with van der Waals surface area (Å²) in [5, 5.41) is 9.20. The van der Waals surface area contributed by atoms with Crippen LogP contribution in [0.25, 0.3) is 11.2 Å². The quantitative estimate of drug-likeness (QED) is 0.860. The van der Waals surface area contributed by atoms with Gasteiger partial charge in [0.05, 0.1) is 25.6 Å². The molecule has 1 aliphatic rings. The van der Waals surface area contributed by atoms with Gasteiger partial charge in [-0.15, -0.1) is 0 Å². The molecule has 8 nitrogen and oxygen atoms in total. The Morgan fingerprint density at radius 3 is 3.00 bits per heavy atom. The number of hydrogen-bond donors (Lipinski definition) is 2. The van der Waals surface area contributed by atoms with Crippen molar-refractivity contribution >= 4 is 17.1 Å². The number of aliphatic hydroxyl groups is 1. The van der Waals surface area contributed by atoms with E-state index < -0.39 is 18.0 Å². The van der Waals surface area contributed by atoms with E-state index in [2.05, 4.69) is 15.0 Å². The standard InChI is InChI=1S/C13H18FN5O3/c1-3-21-10-8-9(17-12(15)18-10)19(6-16-8)11-13(2,14)4-7(5-20)22-11/h6-7,11,20H,3-5H2,1-2H3,(H2,15,17,18). The lowest BCUT2D eigenvalue weighted by Gasteiger charge is -2.22. The van der Waals surface area contributed by atoms with Crippen LogP contribution >= 0.6 is 0 Å². The maximum absolute atomic E-state index is 14.8. The second kappa shape index (κ2) is 5.33. The molecular formula is C13H18FN5O3. The summed E-state index contributed by atoms with van der Waals surface area (Å²) >= 11 is 0. The van der Waals surface area contributed by atoms with E-state index >= 15 is 0 Å². The molecule has 2 aromatic rings. The summed E-state index contributed by atoms with van der Waals surface area (Å²) in [6.45, 7) is 3.38. The van der Waals surface area contributed by atoms with Gasteiger partial charge in [-0.05, 0) is 13.8 Å². The smallest absolute Gasteiger partial charge is 0.247 e. The summed E-state index contributed by atoms with van der Waals surface area (Å²) < 4.78 is 27.2. The number of anilines is 1. The van der Waals surface area contributed by atoms with E-state index in [-0.39, 0.29) is 24.9 Å². The maximum Gasteiger partial charge on any atom is 0.247 e. The molecule has 0 bridgehead atoms. The molecule has 0 amide bonds. The highest BCUT2D eigenvalue weighted by molar-refractivity contribution is 5.77. The summed E-state index contributed by atoms with van der Waals surface area (Å²) in [7, 11) is 0. The third-order valence-electron chi connectivity index (χ3n) is 3.61. The highest BCUT2D eigenvalue weighted by Crippen LogP contribution is 2.42. The number of hydrogen-bond acceptors (Lipinski definition) is 7. The second-order valence-corrected chi connectivity index (χ2v) is 5.42. The van der Waals surface area contributed by atoms with Gasteiger partial charge < -0.3 is 20.3 Å². The molecule has 3 N–H and O–H groups in total. The third kappa shape index (κ3) is 2.35. The van der Waals surface area contributed by atoms with E-state index in [0.29, 0.717) is 17.8 Å². The second-order valence-electron chi connectivity index (χ2n) is 5.42. The van der Waals surface area contributed by atoms with Crippen molar-refractivity contribution < 1.29 is 19.0 Å². The normalized spacial score (nSPS) is 28.4. The number of aromatic nitrogens is 4. The van der Waals surface area contributed by atoms with Crippen LogP contribution in [0.5, 0.6) is 5.88 Å². The average molecular weight is 311 g/mol. The number of nitrogens with two attached hydrogens (primary N) is 1. The first-order chi connectivity index (χ1) is 10.5. The molecule has 120 valence electrons. The summed E-state index contributed by atoms with van der Waals surface area (Å²) in [5.41, 5.74) is 4.75. The lowest BCUT2D eigenvalue weighted by atomic mass is 10.0. The Hall–Kier alpha value is -2.00. The highest BCUT2D eigenvalue weighted by Gasteiger charge is 2.47. The van der Waals surface area contributed by atoms with E-state index in [1.165, 1.54) is 17.8 Å². The molecule has 1 aliphatic heterocycles. The fourth-order valence-corrected chi connectivity index (χ4v) is 2.70. The van der Waals surface area contributed by atoms with Gasteiger partial charge in [0.25, 0.3) is 0 Å². The number of ether oxygens (including phenoxy) is 2. The summed E-state index contributed by atoms with van der Waals surface area (Å²) in [6.07, 6.45) is -0.00237. The summed E-state index contributed by atoms with van der Waals surface area (Å²) in [4.78, 5) is 12.3. The zero-order chi connectivity index (χ0) is 15.9. The third-order valence-corrected chi connectivity index (χ3v) is 3.61. The molecule has 0 spiro atoms. The van der Waals surface area contributed by atoms with Gasteiger partial charge in [-0.3, -0.25) is 4.57 Å². The monoisotopic (exact) mass is 311 g/mol. The van der Waals surface area contributed by atoms with Crippen molar-refractivity contribution in [1.82, 2.24) is 19.5 Å². The number of halogens is 1. The van der Waals surface area contributed by atoms with Crippen LogP contribution in [0.1, 0.15) is 26.5 Å². The number of aliphatic hydroxyl groups excluding tert-OH is 1. The zero-order valence-corrected chi connectivity index (χ0v) is 12.4. The van der Waals surface area contributed by atoms with E-state index in [0.717, 1.165) is 0 Å². The number of fused-ring (bicyclic) bond motifs is 1. The molecule has 1 fully saturated rings. The van der Waals surface area contributed by atoms with Gasteiger partial charge in [0, 0.05) is 6.42 Å². The molecule has 0 aliphatic carbocycles. The lowest BCUT2D eigenvalue weighted by Crippen LogP contribution is -2.27. The Balaban J connectivity index is 2.08. The van der Waals surface area contributed by atoms with E-state index in [4.69, 9.17) is 15.2 Å². The molecule has 3 unspecified atom stereocenters.